The fourth-order valence-electron chi connectivity index (χ4n) is 3.38. The molecule has 0 saturated heterocycles. The molecule has 0 aliphatic rings. The summed E-state index contributed by atoms with van der Waals surface area (Å²) < 4.78 is 5.57. The molecule has 2 aromatic heterocycles. The molecule has 4 aromatic rings. The van der Waals surface area contributed by atoms with E-state index < -0.39 is 5.56 Å². The second-order valence-electron chi connectivity index (χ2n) is 6.57. The summed E-state index contributed by atoms with van der Waals surface area (Å²) in [6.45, 7) is 3.23. The van der Waals surface area contributed by atoms with Gasteiger partial charge in [0.05, 0.1) is 22.5 Å². The molecule has 0 unspecified atom stereocenters. The Morgan fingerprint density at radius 2 is 1.54 bits per heavy atom. The monoisotopic (exact) mass is 370 g/mol. The Kier molecular flexibility index (Phi) is 4.49. The van der Waals surface area contributed by atoms with Crippen molar-refractivity contribution in [2.24, 2.45) is 0 Å². The number of aromatic nitrogens is 2. The van der Waals surface area contributed by atoms with E-state index in [2.05, 4.69) is 10.1 Å². The van der Waals surface area contributed by atoms with Crippen molar-refractivity contribution in [1.29, 1.82) is 0 Å². The summed E-state index contributed by atoms with van der Waals surface area (Å²) in [6.07, 6.45) is 0. The van der Waals surface area contributed by atoms with Crippen LogP contribution in [0.5, 0.6) is 0 Å². The first kappa shape index (κ1) is 17.7. The molecule has 0 saturated carbocycles. The molecular weight excluding hydrogens is 352 g/mol. The maximum absolute atomic E-state index is 12.9. The van der Waals surface area contributed by atoms with E-state index in [0.29, 0.717) is 28.3 Å². The van der Waals surface area contributed by atoms with Gasteiger partial charge in [-0.3, -0.25) is 9.59 Å². The second-order valence-corrected chi connectivity index (χ2v) is 6.57. The molecule has 0 spiro atoms. The smallest absolute Gasteiger partial charge is 0.259 e. The van der Waals surface area contributed by atoms with Gasteiger partial charge in [-0.2, -0.15) is 0 Å². The lowest BCUT2D eigenvalue weighted by atomic mass is 9.89. The lowest BCUT2D eigenvalue weighted by Crippen LogP contribution is -2.19. The average Bonchev–Trinajstić information content (AvgIpc) is 3.14. The average molecular weight is 370 g/mol. The molecule has 1 N–H and O–H groups in total. The van der Waals surface area contributed by atoms with Gasteiger partial charge >= 0.3 is 0 Å². The van der Waals surface area contributed by atoms with Crippen LogP contribution in [-0.4, -0.2) is 15.9 Å². The largest absolute Gasteiger partial charge is 0.356 e. The van der Waals surface area contributed by atoms with Crippen LogP contribution in [0.25, 0.3) is 33.7 Å². The third-order valence-electron chi connectivity index (χ3n) is 4.57. The molecule has 2 aromatic carbocycles. The van der Waals surface area contributed by atoms with Gasteiger partial charge in [-0.1, -0.05) is 65.8 Å². The number of rotatable bonds is 4. The molecule has 138 valence electrons. The van der Waals surface area contributed by atoms with E-state index in [1.807, 2.05) is 67.6 Å². The van der Waals surface area contributed by atoms with Crippen molar-refractivity contribution in [3.8, 4) is 33.7 Å². The minimum atomic E-state index is -0.426. The van der Waals surface area contributed by atoms with Crippen LogP contribution in [0.4, 0.5) is 0 Å². The van der Waals surface area contributed by atoms with Gasteiger partial charge in [-0.15, -0.1) is 0 Å². The molecular formula is C23H18N2O3. The van der Waals surface area contributed by atoms with Gasteiger partial charge in [0.2, 0.25) is 0 Å². The van der Waals surface area contributed by atoms with Crippen LogP contribution in [0.3, 0.4) is 0 Å². The summed E-state index contributed by atoms with van der Waals surface area (Å²) >= 11 is 0. The molecule has 5 heteroatoms. The zero-order chi connectivity index (χ0) is 19.7. The van der Waals surface area contributed by atoms with E-state index in [-0.39, 0.29) is 11.3 Å². The maximum Gasteiger partial charge on any atom is 0.259 e. The zero-order valence-corrected chi connectivity index (χ0v) is 15.5. The molecule has 4 rings (SSSR count). The first-order valence-corrected chi connectivity index (χ1v) is 8.92. The number of pyridine rings is 1. The van der Waals surface area contributed by atoms with E-state index >= 15 is 0 Å². The van der Waals surface area contributed by atoms with Crippen molar-refractivity contribution >= 4 is 5.78 Å². The molecule has 0 atom stereocenters. The third kappa shape index (κ3) is 3.07. The summed E-state index contributed by atoms with van der Waals surface area (Å²) in [6, 6.07) is 20.7. The fraction of sp³-hybridized carbons (Fsp3) is 0.0870. The number of hydrogen-bond acceptors (Lipinski definition) is 4. The van der Waals surface area contributed by atoms with E-state index in [1.54, 1.807) is 6.07 Å². The third-order valence-corrected chi connectivity index (χ3v) is 4.57. The number of hydrogen-bond donors (Lipinski definition) is 1. The molecule has 0 fully saturated rings. The van der Waals surface area contributed by atoms with Gasteiger partial charge in [0.1, 0.15) is 0 Å². The van der Waals surface area contributed by atoms with Gasteiger partial charge in [-0.05, 0) is 25.0 Å². The van der Waals surface area contributed by atoms with Gasteiger partial charge in [0.25, 0.3) is 5.56 Å². The molecule has 0 aliphatic carbocycles. The van der Waals surface area contributed by atoms with Gasteiger partial charge in [0.15, 0.2) is 11.5 Å². The summed E-state index contributed by atoms with van der Waals surface area (Å²) in [7, 11) is 0. The maximum atomic E-state index is 12.9. The van der Waals surface area contributed by atoms with Crippen LogP contribution in [0.2, 0.25) is 0 Å². The summed E-state index contributed by atoms with van der Waals surface area (Å²) in [4.78, 5) is 28.2. The minimum absolute atomic E-state index is 0.106. The number of benzene rings is 2. The van der Waals surface area contributed by atoms with Crippen LogP contribution >= 0.6 is 0 Å². The Morgan fingerprint density at radius 1 is 0.929 bits per heavy atom. The van der Waals surface area contributed by atoms with Crippen LogP contribution in [0.15, 0.2) is 76.0 Å². The summed E-state index contributed by atoms with van der Waals surface area (Å²) in [5.74, 6) is 0.186. The SMILES string of the molecule is CC(=O)c1c(-c2ccccc2)c(-c2cc(C)no2)c(-c2ccccc2)[nH]c1=O. The van der Waals surface area contributed by atoms with Crippen molar-refractivity contribution in [3.63, 3.8) is 0 Å². The topological polar surface area (TPSA) is 76.0 Å². The predicted octanol–water partition coefficient (Wildman–Crippen LogP) is 4.87. The minimum Gasteiger partial charge on any atom is -0.356 e. The first-order chi connectivity index (χ1) is 13.6. The number of aryl methyl sites for hydroxylation is 1. The zero-order valence-electron chi connectivity index (χ0n) is 15.5. The quantitative estimate of drug-likeness (QED) is 0.520. The number of Topliss-reactive ketones (excluding diaryl/α,β-unsaturated/α-hetero) is 1. The Bertz CT molecular complexity index is 1210. The number of nitrogens with zero attached hydrogens (tertiary/aromatic N) is 1. The molecule has 0 radical (unpaired) electrons. The number of nitrogens with one attached hydrogen (secondary N) is 1. The van der Waals surface area contributed by atoms with Crippen molar-refractivity contribution < 1.29 is 9.32 Å². The Labute approximate surface area is 161 Å². The van der Waals surface area contributed by atoms with Crippen molar-refractivity contribution in [2.75, 3.05) is 0 Å². The first-order valence-electron chi connectivity index (χ1n) is 8.92. The highest BCUT2D eigenvalue weighted by atomic mass is 16.5. The number of carbonyl (C=O) groups is 1. The van der Waals surface area contributed by atoms with Gasteiger partial charge in [-0.25, -0.2) is 0 Å². The predicted molar refractivity (Wildman–Crippen MR) is 108 cm³/mol. The molecule has 0 aliphatic heterocycles. The van der Waals surface area contributed by atoms with Crippen LogP contribution in [-0.2, 0) is 0 Å². The highest BCUT2D eigenvalue weighted by Gasteiger charge is 2.25. The van der Waals surface area contributed by atoms with Crippen molar-refractivity contribution in [3.05, 3.63) is 88.3 Å². The standard InChI is InChI=1S/C23H18N2O3/c1-14-13-18(28-25-14)21-20(16-9-5-3-6-10-16)19(15(2)26)23(27)24-22(21)17-11-7-4-8-12-17/h3-13H,1-2H3,(H,24,27). The Balaban J connectivity index is 2.19. The normalized spacial score (nSPS) is 10.8. The molecule has 0 amide bonds. The van der Waals surface area contributed by atoms with E-state index in [1.165, 1.54) is 6.92 Å². The molecule has 28 heavy (non-hydrogen) atoms. The molecule has 5 nitrogen and oxygen atoms in total. The fourth-order valence-corrected chi connectivity index (χ4v) is 3.38. The number of carbonyl (C=O) groups excluding carboxylic acids is 1. The summed E-state index contributed by atoms with van der Waals surface area (Å²) in [5.41, 5.74) is 3.75. The van der Waals surface area contributed by atoms with Crippen molar-refractivity contribution in [2.45, 2.75) is 13.8 Å². The summed E-state index contributed by atoms with van der Waals surface area (Å²) in [5, 5.41) is 4.01. The number of H-pyrrole nitrogens is 1. The van der Waals surface area contributed by atoms with E-state index in [4.69, 9.17) is 4.52 Å². The van der Waals surface area contributed by atoms with E-state index in [0.717, 1.165) is 11.1 Å². The van der Waals surface area contributed by atoms with Crippen LogP contribution in [0, 0.1) is 6.92 Å². The highest BCUT2D eigenvalue weighted by molar-refractivity contribution is 6.06. The Morgan fingerprint density at radius 3 is 2.07 bits per heavy atom. The lowest BCUT2D eigenvalue weighted by molar-refractivity contribution is 0.101. The second kappa shape index (κ2) is 7.12. The lowest BCUT2D eigenvalue weighted by Gasteiger charge is -2.16. The number of ketones is 1. The Hall–Kier alpha value is -3.73. The van der Waals surface area contributed by atoms with Crippen LogP contribution < -0.4 is 5.56 Å². The highest BCUT2D eigenvalue weighted by Crippen LogP contribution is 2.40. The molecule has 0 bridgehead atoms. The van der Waals surface area contributed by atoms with Gasteiger partial charge < -0.3 is 9.51 Å². The van der Waals surface area contributed by atoms with E-state index in [9.17, 15) is 9.59 Å². The molecule has 2 heterocycles. The van der Waals surface area contributed by atoms with Crippen molar-refractivity contribution in [1.82, 2.24) is 10.1 Å². The number of aromatic amines is 1. The van der Waals surface area contributed by atoms with Gasteiger partial charge in [0, 0.05) is 11.6 Å². The van der Waals surface area contributed by atoms with Crippen LogP contribution in [0.1, 0.15) is 23.0 Å².